The van der Waals surface area contributed by atoms with Gasteiger partial charge < -0.3 is 0 Å². The molecule has 0 radical (unpaired) electrons. The van der Waals surface area contributed by atoms with E-state index in [1.165, 1.54) is 41.3 Å². The van der Waals surface area contributed by atoms with Crippen molar-refractivity contribution in [1.29, 1.82) is 0 Å². The first kappa shape index (κ1) is 14.0. The Hall–Kier alpha value is -0.380. The standard InChI is InChI=1S/C15H23BrN2/c1-10-3-6-12(7-4-10)15(18-17)13-8-5-11(2)9-14(13)16/h5,8-10,12,15,18H,3-4,6-7,17H2,1-2H3. The summed E-state index contributed by atoms with van der Waals surface area (Å²) >= 11 is 3.67. The molecule has 2 nitrogen and oxygen atoms in total. The first-order valence-electron chi connectivity index (χ1n) is 6.84. The van der Waals surface area contributed by atoms with Gasteiger partial charge in [-0.2, -0.15) is 0 Å². The largest absolute Gasteiger partial charge is 0.271 e. The fraction of sp³-hybridized carbons (Fsp3) is 0.600. The lowest BCUT2D eigenvalue weighted by molar-refractivity contribution is 0.232. The van der Waals surface area contributed by atoms with Crippen LogP contribution in [0.2, 0.25) is 0 Å². The Morgan fingerprint density at radius 1 is 1.28 bits per heavy atom. The van der Waals surface area contributed by atoms with Crippen LogP contribution in [0, 0.1) is 18.8 Å². The maximum atomic E-state index is 5.81. The van der Waals surface area contributed by atoms with Crippen LogP contribution >= 0.6 is 15.9 Å². The molecule has 1 unspecified atom stereocenters. The number of benzene rings is 1. The predicted molar refractivity (Wildman–Crippen MR) is 80.1 cm³/mol. The third kappa shape index (κ3) is 3.14. The van der Waals surface area contributed by atoms with E-state index in [4.69, 9.17) is 5.84 Å². The Kier molecular flexibility index (Phi) is 4.82. The SMILES string of the molecule is Cc1ccc(C(NN)C2CCC(C)CC2)c(Br)c1. The second kappa shape index (κ2) is 6.18. The number of rotatable bonds is 3. The van der Waals surface area contributed by atoms with Crippen molar-refractivity contribution in [2.45, 2.75) is 45.6 Å². The molecule has 0 saturated heterocycles. The summed E-state index contributed by atoms with van der Waals surface area (Å²) in [5, 5.41) is 0. The maximum Gasteiger partial charge on any atom is 0.0499 e. The summed E-state index contributed by atoms with van der Waals surface area (Å²) in [5.41, 5.74) is 5.60. The molecule has 0 aromatic heterocycles. The van der Waals surface area contributed by atoms with Gasteiger partial charge in [0.05, 0.1) is 0 Å². The van der Waals surface area contributed by atoms with Crippen LogP contribution in [0.5, 0.6) is 0 Å². The summed E-state index contributed by atoms with van der Waals surface area (Å²) in [6, 6.07) is 6.80. The van der Waals surface area contributed by atoms with Crippen molar-refractivity contribution in [3.63, 3.8) is 0 Å². The van der Waals surface area contributed by atoms with E-state index in [-0.39, 0.29) is 6.04 Å². The van der Waals surface area contributed by atoms with Crippen molar-refractivity contribution in [3.8, 4) is 0 Å². The molecule has 0 heterocycles. The Morgan fingerprint density at radius 2 is 1.94 bits per heavy atom. The van der Waals surface area contributed by atoms with Crippen molar-refractivity contribution < 1.29 is 0 Å². The molecule has 0 spiro atoms. The molecule has 3 N–H and O–H groups in total. The topological polar surface area (TPSA) is 38.0 Å². The summed E-state index contributed by atoms with van der Waals surface area (Å²) in [7, 11) is 0. The molecule has 1 aliphatic rings. The zero-order valence-corrected chi connectivity index (χ0v) is 12.8. The third-order valence-electron chi connectivity index (χ3n) is 4.20. The monoisotopic (exact) mass is 310 g/mol. The molecule has 18 heavy (non-hydrogen) atoms. The Balaban J connectivity index is 2.17. The quantitative estimate of drug-likeness (QED) is 0.652. The number of nitrogens with one attached hydrogen (secondary N) is 1. The molecule has 1 fully saturated rings. The van der Waals surface area contributed by atoms with Gasteiger partial charge in [0.25, 0.3) is 0 Å². The number of aryl methyl sites for hydroxylation is 1. The van der Waals surface area contributed by atoms with Gasteiger partial charge in [0.15, 0.2) is 0 Å². The van der Waals surface area contributed by atoms with E-state index in [0.717, 1.165) is 5.92 Å². The lowest BCUT2D eigenvalue weighted by Crippen LogP contribution is -2.35. The Morgan fingerprint density at radius 3 is 2.50 bits per heavy atom. The summed E-state index contributed by atoms with van der Waals surface area (Å²) < 4.78 is 1.17. The fourth-order valence-corrected chi connectivity index (χ4v) is 3.72. The first-order chi connectivity index (χ1) is 8.61. The molecule has 0 amide bonds. The van der Waals surface area contributed by atoms with Crippen LogP contribution in [0.25, 0.3) is 0 Å². The molecule has 1 atom stereocenters. The smallest absolute Gasteiger partial charge is 0.0499 e. The van der Waals surface area contributed by atoms with Gasteiger partial charge in [-0.1, -0.05) is 47.8 Å². The predicted octanol–water partition coefficient (Wildman–Crippen LogP) is 4.09. The molecule has 100 valence electrons. The number of hydrogen-bond acceptors (Lipinski definition) is 2. The number of hydrogen-bond donors (Lipinski definition) is 2. The second-order valence-corrected chi connectivity index (χ2v) is 6.54. The summed E-state index contributed by atoms with van der Waals surface area (Å²) in [5.74, 6) is 7.34. The van der Waals surface area contributed by atoms with Gasteiger partial charge >= 0.3 is 0 Å². The first-order valence-corrected chi connectivity index (χ1v) is 7.63. The lowest BCUT2D eigenvalue weighted by atomic mass is 9.77. The van der Waals surface area contributed by atoms with Crippen molar-refractivity contribution in [2.75, 3.05) is 0 Å². The average molecular weight is 311 g/mol. The van der Waals surface area contributed by atoms with Crippen LogP contribution in [0.1, 0.15) is 49.8 Å². The zero-order chi connectivity index (χ0) is 13.1. The van der Waals surface area contributed by atoms with Crippen molar-refractivity contribution in [1.82, 2.24) is 5.43 Å². The molecule has 3 heteroatoms. The molecule has 1 aliphatic carbocycles. The van der Waals surface area contributed by atoms with E-state index in [1.54, 1.807) is 0 Å². The normalized spacial score (nSPS) is 26.0. The molecular weight excluding hydrogens is 288 g/mol. The second-order valence-electron chi connectivity index (χ2n) is 5.69. The van der Waals surface area contributed by atoms with Crippen LogP contribution in [0.15, 0.2) is 22.7 Å². The van der Waals surface area contributed by atoms with Gasteiger partial charge in [-0.15, -0.1) is 0 Å². The maximum absolute atomic E-state index is 5.81. The van der Waals surface area contributed by atoms with Crippen LogP contribution in [-0.2, 0) is 0 Å². The Bertz CT molecular complexity index is 397. The third-order valence-corrected chi connectivity index (χ3v) is 4.89. The molecular formula is C15H23BrN2. The van der Waals surface area contributed by atoms with Gasteiger partial charge in [-0.25, -0.2) is 0 Å². The molecule has 0 bridgehead atoms. The van der Waals surface area contributed by atoms with Gasteiger partial charge in [-0.05, 0) is 48.8 Å². The number of halogens is 1. The van der Waals surface area contributed by atoms with Crippen molar-refractivity contribution in [2.24, 2.45) is 17.7 Å². The van der Waals surface area contributed by atoms with Gasteiger partial charge in [0.2, 0.25) is 0 Å². The summed E-state index contributed by atoms with van der Waals surface area (Å²) in [6.07, 6.45) is 5.20. The summed E-state index contributed by atoms with van der Waals surface area (Å²) in [4.78, 5) is 0. The summed E-state index contributed by atoms with van der Waals surface area (Å²) in [6.45, 7) is 4.46. The van der Waals surface area contributed by atoms with Gasteiger partial charge in [-0.3, -0.25) is 11.3 Å². The zero-order valence-electron chi connectivity index (χ0n) is 11.2. The molecule has 1 aromatic rings. The molecule has 1 aromatic carbocycles. The average Bonchev–Trinajstić information content (AvgIpc) is 2.35. The number of nitrogens with two attached hydrogens (primary N) is 1. The molecule has 2 rings (SSSR count). The van der Waals surface area contributed by atoms with Crippen LogP contribution in [0.3, 0.4) is 0 Å². The van der Waals surface area contributed by atoms with Crippen LogP contribution in [-0.4, -0.2) is 0 Å². The minimum Gasteiger partial charge on any atom is -0.271 e. The number of hydrazine groups is 1. The lowest BCUT2D eigenvalue weighted by Gasteiger charge is -2.33. The van der Waals surface area contributed by atoms with Gasteiger partial charge in [0.1, 0.15) is 0 Å². The van der Waals surface area contributed by atoms with E-state index >= 15 is 0 Å². The van der Waals surface area contributed by atoms with E-state index in [9.17, 15) is 0 Å². The fourth-order valence-electron chi connectivity index (χ4n) is 2.98. The highest BCUT2D eigenvalue weighted by Crippen LogP contribution is 2.38. The highest BCUT2D eigenvalue weighted by atomic mass is 79.9. The van der Waals surface area contributed by atoms with E-state index in [1.807, 2.05) is 0 Å². The van der Waals surface area contributed by atoms with Crippen LogP contribution in [0.4, 0.5) is 0 Å². The van der Waals surface area contributed by atoms with Crippen LogP contribution < -0.4 is 11.3 Å². The Labute approximate surface area is 118 Å². The van der Waals surface area contributed by atoms with Crippen molar-refractivity contribution >= 4 is 15.9 Å². The molecule has 0 aliphatic heterocycles. The molecule has 1 saturated carbocycles. The highest BCUT2D eigenvalue weighted by molar-refractivity contribution is 9.10. The van der Waals surface area contributed by atoms with Gasteiger partial charge in [0, 0.05) is 10.5 Å². The van der Waals surface area contributed by atoms with E-state index in [0.29, 0.717) is 5.92 Å². The van der Waals surface area contributed by atoms with E-state index in [2.05, 4.69) is 53.4 Å². The van der Waals surface area contributed by atoms with E-state index < -0.39 is 0 Å². The minimum atomic E-state index is 0.271. The highest BCUT2D eigenvalue weighted by Gasteiger charge is 2.27. The minimum absolute atomic E-state index is 0.271. The van der Waals surface area contributed by atoms with Crippen molar-refractivity contribution in [3.05, 3.63) is 33.8 Å².